The summed E-state index contributed by atoms with van der Waals surface area (Å²) in [5, 5.41) is 9.58. The van der Waals surface area contributed by atoms with Gasteiger partial charge in [-0.15, -0.1) is 0 Å². The number of amides is 1. The van der Waals surface area contributed by atoms with Crippen LogP contribution in [-0.2, 0) is 4.79 Å². The molecule has 0 aromatic rings. The molecule has 0 spiro atoms. The zero-order chi connectivity index (χ0) is 8.27. The molecule has 1 N–H and O–H groups in total. The molecular formula is C7H12BrNO2. The standard InChI is InChI=1S/C7H12BrNO2/c8-4-7(11)9-3-1-2-6(10)5-9/h6,10H,1-5H2/t6-/m0/s1. The molecule has 1 heterocycles. The molecular weight excluding hydrogens is 210 g/mol. The summed E-state index contributed by atoms with van der Waals surface area (Å²) in [4.78, 5) is 12.8. The van der Waals surface area contributed by atoms with Gasteiger partial charge in [-0.1, -0.05) is 15.9 Å². The predicted molar refractivity (Wildman–Crippen MR) is 45.6 cm³/mol. The Labute approximate surface area is 74.5 Å². The van der Waals surface area contributed by atoms with Crippen LogP contribution in [0, 0.1) is 0 Å². The lowest BCUT2D eigenvalue weighted by molar-refractivity contribution is -0.131. The smallest absolute Gasteiger partial charge is 0.233 e. The quantitative estimate of drug-likeness (QED) is 0.651. The van der Waals surface area contributed by atoms with Crippen LogP contribution in [-0.4, -0.2) is 40.4 Å². The molecule has 1 fully saturated rings. The molecule has 0 radical (unpaired) electrons. The van der Waals surface area contributed by atoms with Crippen LogP contribution in [0.15, 0.2) is 0 Å². The van der Waals surface area contributed by atoms with Crippen molar-refractivity contribution in [1.29, 1.82) is 0 Å². The topological polar surface area (TPSA) is 40.5 Å². The molecule has 1 amide bonds. The molecule has 11 heavy (non-hydrogen) atoms. The fourth-order valence-electron chi connectivity index (χ4n) is 1.27. The van der Waals surface area contributed by atoms with Crippen LogP contribution >= 0.6 is 15.9 Å². The number of hydrogen-bond acceptors (Lipinski definition) is 2. The molecule has 1 aliphatic rings. The first-order valence-electron chi connectivity index (χ1n) is 3.76. The number of piperidine rings is 1. The molecule has 64 valence electrons. The fraction of sp³-hybridized carbons (Fsp3) is 0.857. The molecule has 0 aromatic carbocycles. The van der Waals surface area contributed by atoms with E-state index < -0.39 is 0 Å². The van der Waals surface area contributed by atoms with E-state index >= 15 is 0 Å². The number of nitrogens with zero attached hydrogens (tertiary/aromatic N) is 1. The third kappa shape index (κ3) is 2.45. The number of alkyl halides is 1. The number of likely N-dealkylation sites (tertiary alicyclic amines) is 1. The molecule has 0 aliphatic carbocycles. The fourth-order valence-corrected chi connectivity index (χ4v) is 1.62. The van der Waals surface area contributed by atoms with Crippen molar-refractivity contribution in [3.8, 4) is 0 Å². The lowest BCUT2D eigenvalue weighted by atomic mass is 10.1. The molecule has 4 heteroatoms. The van der Waals surface area contributed by atoms with Gasteiger partial charge in [0.05, 0.1) is 11.4 Å². The van der Waals surface area contributed by atoms with E-state index in [0.717, 1.165) is 19.4 Å². The average Bonchev–Trinajstić information content (AvgIpc) is 2.03. The van der Waals surface area contributed by atoms with Crippen molar-refractivity contribution in [2.24, 2.45) is 0 Å². The van der Waals surface area contributed by atoms with Crippen molar-refractivity contribution in [2.75, 3.05) is 18.4 Å². The first-order chi connectivity index (χ1) is 5.24. The van der Waals surface area contributed by atoms with E-state index in [-0.39, 0.29) is 12.0 Å². The number of carbonyl (C=O) groups is 1. The van der Waals surface area contributed by atoms with Gasteiger partial charge < -0.3 is 10.0 Å². The number of aliphatic hydroxyl groups is 1. The summed E-state index contributed by atoms with van der Waals surface area (Å²) in [5.41, 5.74) is 0. The van der Waals surface area contributed by atoms with Crippen LogP contribution in [0.3, 0.4) is 0 Å². The normalized spacial score (nSPS) is 25.3. The van der Waals surface area contributed by atoms with E-state index in [9.17, 15) is 9.90 Å². The maximum Gasteiger partial charge on any atom is 0.233 e. The maximum absolute atomic E-state index is 11.1. The largest absolute Gasteiger partial charge is 0.391 e. The van der Waals surface area contributed by atoms with Crippen molar-refractivity contribution in [3.05, 3.63) is 0 Å². The van der Waals surface area contributed by atoms with Gasteiger partial charge in [0.1, 0.15) is 0 Å². The van der Waals surface area contributed by atoms with Crippen molar-refractivity contribution >= 4 is 21.8 Å². The number of rotatable bonds is 1. The van der Waals surface area contributed by atoms with E-state index in [1.807, 2.05) is 0 Å². The molecule has 1 atom stereocenters. The van der Waals surface area contributed by atoms with E-state index in [2.05, 4.69) is 15.9 Å². The molecule has 1 saturated heterocycles. The van der Waals surface area contributed by atoms with E-state index in [4.69, 9.17) is 0 Å². The highest BCUT2D eigenvalue weighted by atomic mass is 79.9. The summed E-state index contributed by atoms with van der Waals surface area (Å²) < 4.78 is 0. The van der Waals surface area contributed by atoms with Gasteiger partial charge in [-0.3, -0.25) is 4.79 Å². The molecule has 1 rings (SSSR count). The second-order valence-electron chi connectivity index (χ2n) is 2.77. The summed E-state index contributed by atoms with van der Waals surface area (Å²) in [5.74, 6) is 0.0729. The zero-order valence-corrected chi connectivity index (χ0v) is 7.88. The summed E-state index contributed by atoms with van der Waals surface area (Å²) in [6, 6.07) is 0. The molecule has 1 aliphatic heterocycles. The van der Waals surface area contributed by atoms with Gasteiger partial charge in [0.25, 0.3) is 0 Å². The Morgan fingerprint density at radius 2 is 2.45 bits per heavy atom. The van der Waals surface area contributed by atoms with Crippen LogP contribution in [0.25, 0.3) is 0 Å². The monoisotopic (exact) mass is 221 g/mol. The lowest BCUT2D eigenvalue weighted by Crippen LogP contribution is -2.42. The van der Waals surface area contributed by atoms with Gasteiger partial charge in [-0.2, -0.15) is 0 Å². The van der Waals surface area contributed by atoms with Crippen LogP contribution in [0.5, 0.6) is 0 Å². The molecule has 0 bridgehead atoms. The van der Waals surface area contributed by atoms with Crippen LogP contribution in [0.4, 0.5) is 0 Å². The second kappa shape index (κ2) is 4.07. The summed E-state index contributed by atoms with van der Waals surface area (Å²) >= 11 is 3.10. The molecule has 3 nitrogen and oxygen atoms in total. The summed E-state index contributed by atoms with van der Waals surface area (Å²) in [7, 11) is 0. The van der Waals surface area contributed by atoms with Gasteiger partial charge in [-0.05, 0) is 12.8 Å². The minimum Gasteiger partial charge on any atom is -0.391 e. The van der Waals surface area contributed by atoms with Gasteiger partial charge in [0.2, 0.25) is 5.91 Å². The lowest BCUT2D eigenvalue weighted by Gasteiger charge is -2.29. The van der Waals surface area contributed by atoms with Gasteiger partial charge in [0.15, 0.2) is 0 Å². The Morgan fingerprint density at radius 1 is 1.73 bits per heavy atom. The number of halogens is 1. The van der Waals surface area contributed by atoms with E-state index in [1.54, 1.807) is 4.90 Å². The molecule has 0 aromatic heterocycles. The van der Waals surface area contributed by atoms with Gasteiger partial charge in [-0.25, -0.2) is 0 Å². The van der Waals surface area contributed by atoms with Crippen molar-refractivity contribution in [3.63, 3.8) is 0 Å². The molecule has 0 unspecified atom stereocenters. The van der Waals surface area contributed by atoms with E-state index in [1.165, 1.54) is 0 Å². The van der Waals surface area contributed by atoms with Crippen LogP contribution in [0.1, 0.15) is 12.8 Å². The van der Waals surface area contributed by atoms with Gasteiger partial charge >= 0.3 is 0 Å². The number of β-amino-alcohol motifs (C(OH)–C–C–N with tert-alkyl or cyclic N) is 1. The average molecular weight is 222 g/mol. The van der Waals surface area contributed by atoms with Crippen molar-refractivity contribution < 1.29 is 9.90 Å². The SMILES string of the molecule is O=C(CBr)N1CCC[C@H](O)C1. The highest BCUT2D eigenvalue weighted by Gasteiger charge is 2.20. The predicted octanol–water partition coefficient (Wildman–Crippen LogP) is 0.365. The Morgan fingerprint density at radius 3 is 3.00 bits per heavy atom. The van der Waals surface area contributed by atoms with Gasteiger partial charge in [0, 0.05) is 13.1 Å². The maximum atomic E-state index is 11.1. The van der Waals surface area contributed by atoms with Crippen LogP contribution in [0.2, 0.25) is 0 Å². The van der Waals surface area contributed by atoms with Crippen molar-refractivity contribution in [1.82, 2.24) is 4.90 Å². The Kier molecular flexibility index (Phi) is 3.33. The third-order valence-corrected chi connectivity index (χ3v) is 2.34. The van der Waals surface area contributed by atoms with E-state index in [0.29, 0.717) is 11.9 Å². The summed E-state index contributed by atoms with van der Waals surface area (Å²) in [6.07, 6.45) is 1.43. The Balaban J connectivity index is 2.39. The van der Waals surface area contributed by atoms with Crippen molar-refractivity contribution in [2.45, 2.75) is 18.9 Å². The Hall–Kier alpha value is -0.0900. The minimum atomic E-state index is -0.313. The zero-order valence-electron chi connectivity index (χ0n) is 6.29. The summed E-state index contributed by atoms with van der Waals surface area (Å²) in [6.45, 7) is 1.30. The highest BCUT2D eigenvalue weighted by molar-refractivity contribution is 9.09. The number of aliphatic hydroxyl groups excluding tert-OH is 1. The first kappa shape index (κ1) is 9.00. The Bertz CT molecular complexity index is 151. The minimum absolute atomic E-state index is 0.0729. The van der Waals surface area contributed by atoms with Crippen LogP contribution < -0.4 is 0 Å². The highest BCUT2D eigenvalue weighted by Crippen LogP contribution is 2.10. The number of hydrogen-bond donors (Lipinski definition) is 1. The third-order valence-electron chi connectivity index (χ3n) is 1.86. The second-order valence-corrected chi connectivity index (χ2v) is 3.33. The number of carbonyl (C=O) groups excluding carboxylic acids is 1. The first-order valence-corrected chi connectivity index (χ1v) is 4.88. The molecule has 0 saturated carbocycles.